The zero-order chi connectivity index (χ0) is 26.4. The number of hydrogen-bond donors (Lipinski definition) is 1. The Bertz CT molecular complexity index is 1340. The van der Waals surface area contributed by atoms with Gasteiger partial charge in [-0.25, -0.2) is 0 Å². The van der Waals surface area contributed by atoms with E-state index < -0.39 is 5.91 Å². The van der Waals surface area contributed by atoms with Gasteiger partial charge >= 0.3 is 0 Å². The summed E-state index contributed by atoms with van der Waals surface area (Å²) >= 11 is 0. The molecule has 1 N–H and O–H groups in total. The lowest BCUT2D eigenvalue weighted by molar-refractivity contribution is 0.0994. The van der Waals surface area contributed by atoms with Crippen LogP contribution >= 0.6 is 0 Å². The third-order valence-electron chi connectivity index (χ3n) is 6.17. The van der Waals surface area contributed by atoms with E-state index in [1.807, 2.05) is 6.07 Å². The van der Waals surface area contributed by atoms with Crippen LogP contribution in [-0.2, 0) is 0 Å². The fourth-order valence-corrected chi connectivity index (χ4v) is 4.23. The zero-order valence-corrected chi connectivity index (χ0v) is 21.4. The quantitative estimate of drug-likeness (QED) is 0.319. The van der Waals surface area contributed by atoms with Gasteiger partial charge in [0, 0.05) is 30.4 Å². The van der Waals surface area contributed by atoms with Gasteiger partial charge in [0.05, 0.1) is 38.7 Å². The second kappa shape index (κ2) is 11.6. The molecule has 0 atom stereocenters. The van der Waals surface area contributed by atoms with E-state index in [0.29, 0.717) is 34.1 Å². The molecule has 4 rings (SSSR count). The van der Waals surface area contributed by atoms with Crippen molar-refractivity contribution in [2.75, 3.05) is 46.8 Å². The van der Waals surface area contributed by atoms with Gasteiger partial charge < -0.3 is 28.8 Å². The molecule has 0 unspecified atom stereocenters. The average molecular weight is 503 g/mol. The molecular weight excluding hydrogens is 472 g/mol. The lowest BCUT2D eigenvalue weighted by atomic mass is 9.94. The topological polar surface area (TPSA) is 90.2 Å². The number of furan rings is 1. The Kier molecular flexibility index (Phi) is 8.10. The second-order valence-corrected chi connectivity index (χ2v) is 8.55. The average Bonchev–Trinajstić information content (AvgIpc) is 3.47. The molecule has 8 nitrogen and oxygen atoms in total. The highest BCUT2D eigenvalue weighted by molar-refractivity contribution is 6.09. The summed E-state index contributed by atoms with van der Waals surface area (Å²) in [6, 6.07) is 11.7. The van der Waals surface area contributed by atoms with Crippen molar-refractivity contribution in [2.45, 2.75) is 6.42 Å². The Morgan fingerprint density at radius 3 is 2.49 bits per heavy atom. The predicted octanol–water partition coefficient (Wildman–Crippen LogP) is 5.17. The van der Waals surface area contributed by atoms with Gasteiger partial charge in [-0.3, -0.25) is 9.59 Å². The number of anilines is 1. The molecule has 192 valence electrons. The Morgan fingerprint density at radius 2 is 1.84 bits per heavy atom. The third kappa shape index (κ3) is 5.76. The summed E-state index contributed by atoms with van der Waals surface area (Å²) in [6.07, 6.45) is 7.58. The minimum absolute atomic E-state index is 0.186. The number of methoxy groups -OCH3 is 3. The molecule has 0 saturated carbocycles. The van der Waals surface area contributed by atoms with Crippen LogP contribution in [0.2, 0.25) is 0 Å². The number of ether oxygens (including phenoxy) is 3. The fraction of sp³-hybridized carbons (Fsp3) is 0.241. The SMILES string of the molecule is COc1cc(OC)c(C2=CCN(C)CC2)c(OC)c1/C=C/C(=O)c1cccc(NC(=O)c2ccco2)c1. The van der Waals surface area contributed by atoms with Crippen molar-refractivity contribution in [2.24, 2.45) is 0 Å². The summed E-state index contributed by atoms with van der Waals surface area (Å²) in [6.45, 7) is 1.74. The number of carbonyl (C=O) groups excluding carboxylic acids is 2. The number of ketones is 1. The van der Waals surface area contributed by atoms with E-state index in [2.05, 4.69) is 23.3 Å². The first kappa shape index (κ1) is 25.8. The number of rotatable bonds is 9. The smallest absolute Gasteiger partial charge is 0.291 e. The van der Waals surface area contributed by atoms with Crippen LogP contribution in [0.25, 0.3) is 11.6 Å². The van der Waals surface area contributed by atoms with Crippen molar-refractivity contribution in [3.05, 3.63) is 83.3 Å². The summed E-state index contributed by atoms with van der Waals surface area (Å²) in [4.78, 5) is 27.6. The standard InChI is InChI=1S/C29H30N2O6/c1-31-14-12-19(13-15-31)27-26(35-3)18-25(34-2)22(28(27)36-4)10-11-23(32)20-7-5-8-21(17-20)30-29(33)24-9-6-16-37-24/h5-12,16-18H,13-15H2,1-4H3,(H,30,33)/b11-10+. The minimum atomic E-state index is -0.395. The predicted molar refractivity (Wildman–Crippen MR) is 143 cm³/mol. The lowest BCUT2D eigenvalue weighted by Crippen LogP contribution is -2.24. The summed E-state index contributed by atoms with van der Waals surface area (Å²) in [7, 11) is 6.85. The van der Waals surface area contributed by atoms with Gasteiger partial charge in [-0.2, -0.15) is 0 Å². The molecule has 1 aromatic heterocycles. The van der Waals surface area contributed by atoms with E-state index in [1.54, 1.807) is 63.8 Å². The van der Waals surface area contributed by atoms with Gasteiger partial charge in [-0.1, -0.05) is 18.2 Å². The van der Waals surface area contributed by atoms with Crippen LogP contribution < -0.4 is 19.5 Å². The van der Waals surface area contributed by atoms with Gasteiger partial charge in [0.25, 0.3) is 5.91 Å². The maximum absolute atomic E-state index is 13.1. The number of nitrogens with one attached hydrogen (secondary N) is 1. The Hall–Kier alpha value is -4.30. The largest absolute Gasteiger partial charge is 0.496 e. The normalized spacial score (nSPS) is 13.8. The van der Waals surface area contributed by atoms with E-state index in [0.717, 1.165) is 30.6 Å². The number of likely N-dealkylation sites (N-methyl/N-ethyl adjacent to an activating group) is 1. The highest BCUT2D eigenvalue weighted by atomic mass is 16.5. The maximum Gasteiger partial charge on any atom is 0.291 e. The molecule has 2 heterocycles. The van der Waals surface area contributed by atoms with Gasteiger partial charge in [0.2, 0.25) is 0 Å². The van der Waals surface area contributed by atoms with Crippen molar-refractivity contribution in [3.8, 4) is 17.2 Å². The second-order valence-electron chi connectivity index (χ2n) is 8.55. The molecular formula is C29H30N2O6. The van der Waals surface area contributed by atoms with E-state index in [4.69, 9.17) is 18.6 Å². The third-order valence-corrected chi connectivity index (χ3v) is 6.17. The van der Waals surface area contributed by atoms with Crippen LogP contribution in [0.3, 0.4) is 0 Å². The number of carbonyl (C=O) groups is 2. The van der Waals surface area contributed by atoms with Crippen molar-refractivity contribution in [3.63, 3.8) is 0 Å². The summed E-state index contributed by atoms with van der Waals surface area (Å²) in [5.41, 5.74) is 3.51. The maximum atomic E-state index is 13.1. The molecule has 37 heavy (non-hydrogen) atoms. The van der Waals surface area contributed by atoms with Crippen LogP contribution in [0.15, 0.2) is 65.3 Å². The Balaban J connectivity index is 1.65. The van der Waals surface area contributed by atoms with Gasteiger partial charge in [-0.05, 0) is 55.5 Å². The van der Waals surface area contributed by atoms with Crippen LogP contribution in [0.1, 0.15) is 38.5 Å². The van der Waals surface area contributed by atoms with Crippen LogP contribution in [-0.4, -0.2) is 58.1 Å². The number of amides is 1. The zero-order valence-electron chi connectivity index (χ0n) is 21.4. The molecule has 0 saturated heterocycles. The van der Waals surface area contributed by atoms with Crippen LogP contribution in [0, 0.1) is 0 Å². The molecule has 0 bridgehead atoms. The van der Waals surface area contributed by atoms with Crippen molar-refractivity contribution >= 4 is 29.0 Å². The molecule has 0 fully saturated rings. The first-order valence-electron chi connectivity index (χ1n) is 11.8. The van der Waals surface area contributed by atoms with Gasteiger partial charge in [0.15, 0.2) is 11.5 Å². The van der Waals surface area contributed by atoms with E-state index in [1.165, 1.54) is 12.3 Å². The van der Waals surface area contributed by atoms with E-state index in [9.17, 15) is 9.59 Å². The minimum Gasteiger partial charge on any atom is -0.496 e. The first-order valence-corrected chi connectivity index (χ1v) is 11.8. The summed E-state index contributed by atoms with van der Waals surface area (Å²) in [5.74, 6) is 1.30. The van der Waals surface area contributed by atoms with E-state index in [-0.39, 0.29) is 11.5 Å². The first-order chi connectivity index (χ1) is 17.9. The molecule has 0 radical (unpaired) electrons. The number of hydrogen-bond acceptors (Lipinski definition) is 7. The number of benzene rings is 2. The molecule has 2 aromatic carbocycles. The van der Waals surface area contributed by atoms with Crippen LogP contribution in [0.4, 0.5) is 5.69 Å². The van der Waals surface area contributed by atoms with Crippen molar-refractivity contribution in [1.82, 2.24) is 4.90 Å². The van der Waals surface area contributed by atoms with Gasteiger partial charge in [-0.15, -0.1) is 0 Å². The summed E-state index contributed by atoms with van der Waals surface area (Å²) < 4.78 is 22.3. The van der Waals surface area contributed by atoms with Crippen molar-refractivity contribution in [1.29, 1.82) is 0 Å². The van der Waals surface area contributed by atoms with Crippen molar-refractivity contribution < 1.29 is 28.2 Å². The number of allylic oxidation sites excluding steroid dienone is 1. The molecule has 1 aliphatic rings. The highest BCUT2D eigenvalue weighted by Crippen LogP contribution is 2.45. The Morgan fingerprint density at radius 1 is 1.03 bits per heavy atom. The van der Waals surface area contributed by atoms with Crippen LogP contribution in [0.5, 0.6) is 17.2 Å². The summed E-state index contributed by atoms with van der Waals surface area (Å²) in [5, 5.41) is 2.74. The molecule has 0 aliphatic carbocycles. The molecule has 1 aliphatic heterocycles. The van der Waals surface area contributed by atoms with Gasteiger partial charge in [0.1, 0.15) is 17.2 Å². The monoisotopic (exact) mass is 502 g/mol. The molecule has 1 amide bonds. The molecule has 3 aromatic rings. The highest BCUT2D eigenvalue weighted by Gasteiger charge is 2.23. The lowest BCUT2D eigenvalue weighted by Gasteiger charge is -2.25. The fourth-order valence-electron chi connectivity index (χ4n) is 4.23. The molecule has 8 heteroatoms. The Labute approximate surface area is 216 Å². The van der Waals surface area contributed by atoms with E-state index >= 15 is 0 Å². The molecule has 0 spiro atoms. The number of nitrogens with zero attached hydrogens (tertiary/aromatic N) is 1.